The van der Waals surface area contributed by atoms with Crippen molar-refractivity contribution in [2.24, 2.45) is 7.05 Å². The summed E-state index contributed by atoms with van der Waals surface area (Å²) < 4.78 is 1.82. The highest BCUT2D eigenvalue weighted by atomic mass is 35.5. The minimum absolute atomic E-state index is 0.239. The summed E-state index contributed by atoms with van der Waals surface area (Å²) in [5.74, 6) is 0. The SMILES string of the molecule is CNC(Cc1ccn(C)n1)c1cccc(Cl)c1. The third kappa shape index (κ3) is 3.08. The molecule has 17 heavy (non-hydrogen) atoms. The van der Waals surface area contributed by atoms with Crippen molar-refractivity contribution in [1.29, 1.82) is 0 Å². The van der Waals surface area contributed by atoms with Gasteiger partial charge in [-0.05, 0) is 30.8 Å². The second-order valence-electron chi connectivity index (χ2n) is 4.08. The number of hydrogen-bond donors (Lipinski definition) is 1. The van der Waals surface area contributed by atoms with Gasteiger partial charge >= 0.3 is 0 Å². The lowest BCUT2D eigenvalue weighted by Gasteiger charge is -2.15. The van der Waals surface area contributed by atoms with Crippen LogP contribution in [0.2, 0.25) is 5.02 Å². The van der Waals surface area contributed by atoms with Gasteiger partial charge in [0.2, 0.25) is 0 Å². The van der Waals surface area contributed by atoms with Gasteiger partial charge in [0, 0.05) is 30.7 Å². The molecule has 0 radical (unpaired) electrons. The standard InChI is InChI=1S/C13H16ClN3/c1-15-13(9-12-6-7-17(2)16-12)10-4-3-5-11(14)8-10/h3-8,13,15H,9H2,1-2H3. The van der Waals surface area contributed by atoms with Crippen molar-refractivity contribution in [1.82, 2.24) is 15.1 Å². The minimum Gasteiger partial charge on any atom is -0.313 e. The summed E-state index contributed by atoms with van der Waals surface area (Å²) in [6, 6.07) is 10.2. The number of halogens is 1. The lowest BCUT2D eigenvalue weighted by molar-refractivity contribution is 0.577. The zero-order chi connectivity index (χ0) is 12.3. The van der Waals surface area contributed by atoms with E-state index in [1.807, 2.05) is 49.2 Å². The molecular formula is C13H16ClN3. The summed E-state index contributed by atoms with van der Waals surface area (Å²) in [4.78, 5) is 0. The Kier molecular flexibility index (Phi) is 3.82. The van der Waals surface area contributed by atoms with E-state index in [2.05, 4.69) is 16.5 Å². The monoisotopic (exact) mass is 249 g/mol. The third-order valence-electron chi connectivity index (χ3n) is 2.78. The van der Waals surface area contributed by atoms with Gasteiger partial charge in [-0.1, -0.05) is 23.7 Å². The molecule has 0 fully saturated rings. The zero-order valence-electron chi connectivity index (χ0n) is 10.0. The molecule has 1 N–H and O–H groups in total. The van der Waals surface area contributed by atoms with Crippen LogP contribution in [0, 0.1) is 0 Å². The smallest absolute Gasteiger partial charge is 0.0643 e. The molecule has 1 atom stereocenters. The molecule has 1 unspecified atom stereocenters. The summed E-state index contributed by atoms with van der Waals surface area (Å²) in [7, 11) is 3.88. The second kappa shape index (κ2) is 5.34. The summed E-state index contributed by atoms with van der Waals surface area (Å²) in [5.41, 5.74) is 2.26. The topological polar surface area (TPSA) is 29.9 Å². The lowest BCUT2D eigenvalue weighted by Crippen LogP contribution is -2.19. The first-order chi connectivity index (χ1) is 8.19. The van der Waals surface area contributed by atoms with Crippen LogP contribution >= 0.6 is 11.6 Å². The summed E-state index contributed by atoms with van der Waals surface area (Å²) >= 11 is 6.01. The largest absolute Gasteiger partial charge is 0.313 e. The number of nitrogens with zero attached hydrogens (tertiary/aromatic N) is 2. The van der Waals surface area contributed by atoms with Crippen LogP contribution in [-0.2, 0) is 13.5 Å². The van der Waals surface area contributed by atoms with Crippen LogP contribution in [0.3, 0.4) is 0 Å². The molecule has 1 heterocycles. The van der Waals surface area contributed by atoms with Gasteiger partial charge in [0.15, 0.2) is 0 Å². The van der Waals surface area contributed by atoms with Gasteiger partial charge in [-0.3, -0.25) is 4.68 Å². The van der Waals surface area contributed by atoms with Gasteiger partial charge in [0.1, 0.15) is 0 Å². The molecule has 4 heteroatoms. The van der Waals surface area contributed by atoms with E-state index in [0.717, 1.165) is 17.1 Å². The van der Waals surface area contributed by atoms with E-state index in [-0.39, 0.29) is 6.04 Å². The molecule has 0 saturated carbocycles. The van der Waals surface area contributed by atoms with Crippen molar-refractivity contribution in [3.8, 4) is 0 Å². The van der Waals surface area contributed by atoms with E-state index >= 15 is 0 Å². The van der Waals surface area contributed by atoms with Gasteiger partial charge in [0.05, 0.1) is 5.69 Å². The Bertz CT molecular complexity index is 493. The normalized spacial score (nSPS) is 12.6. The third-order valence-corrected chi connectivity index (χ3v) is 3.02. The number of likely N-dealkylation sites (N-methyl/N-ethyl adjacent to an activating group) is 1. The average Bonchev–Trinajstić information content (AvgIpc) is 2.72. The van der Waals surface area contributed by atoms with Crippen LogP contribution in [0.15, 0.2) is 36.5 Å². The molecule has 90 valence electrons. The number of nitrogens with one attached hydrogen (secondary N) is 1. The van der Waals surface area contributed by atoms with Crippen LogP contribution in [-0.4, -0.2) is 16.8 Å². The minimum atomic E-state index is 0.239. The van der Waals surface area contributed by atoms with E-state index in [1.165, 1.54) is 5.56 Å². The first-order valence-corrected chi connectivity index (χ1v) is 5.98. The van der Waals surface area contributed by atoms with Gasteiger partial charge in [-0.25, -0.2) is 0 Å². The van der Waals surface area contributed by atoms with E-state index < -0.39 is 0 Å². The van der Waals surface area contributed by atoms with Crippen molar-refractivity contribution in [3.05, 3.63) is 52.8 Å². The van der Waals surface area contributed by atoms with E-state index in [9.17, 15) is 0 Å². The maximum absolute atomic E-state index is 6.01. The summed E-state index contributed by atoms with van der Waals surface area (Å²) in [5, 5.41) is 8.45. The maximum Gasteiger partial charge on any atom is 0.0643 e. The number of benzene rings is 1. The number of aromatic nitrogens is 2. The fraction of sp³-hybridized carbons (Fsp3) is 0.308. The lowest BCUT2D eigenvalue weighted by atomic mass is 10.0. The Morgan fingerprint density at radius 3 is 2.82 bits per heavy atom. The second-order valence-corrected chi connectivity index (χ2v) is 4.52. The quantitative estimate of drug-likeness (QED) is 0.903. The molecule has 0 amide bonds. The van der Waals surface area contributed by atoms with Crippen LogP contribution in [0.25, 0.3) is 0 Å². The summed E-state index contributed by atoms with van der Waals surface area (Å²) in [6.45, 7) is 0. The fourth-order valence-corrected chi connectivity index (χ4v) is 2.09. The molecule has 0 aliphatic heterocycles. The number of aryl methyl sites for hydroxylation is 1. The Hall–Kier alpha value is -1.32. The maximum atomic E-state index is 6.01. The first kappa shape index (κ1) is 12.1. The molecular weight excluding hydrogens is 234 g/mol. The van der Waals surface area contributed by atoms with Crippen molar-refractivity contribution >= 4 is 11.6 Å². The van der Waals surface area contributed by atoms with Crippen molar-refractivity contribution in [3.63, 3.8) is 0 Å². The Morgan fingerprint density at radius 2 is 2.24 bits per heavy atom. The number of rotatable bonds is 4. The average molecular weight is 250 g/mol. The molecule has 0 aliphatic rings. The van der Waals surface area contributed by atoms with E-state index in [0.29, 0.717) is 0 Å². The molecule has 0 saturated heterocycles. The Labute approximate surface area is 106 Å². The van der Waals surface area contributed by atoms with E-state index in [1.54, 1.807) is 0 Å². The molecule has 0 aliphatic carbocycles. The van der Waals surface area contributed by atoms with Crippen molar-refractivity contribution in [2.75, 3.05) is 7.05 Å². The number of hydrogen-bond acceptors (Lipinski definition) is 2. The first-order valence-electron chi connectivity index (χ1n) is 5.60. The zero-order valence-corrected chi connectivity index (χ0v) is 10.8. The molecule has 3 nitrogen and oxygen atoms in total. The van der Waals surface area contributed by atoms with Crippen LogP contribution < -0.4 is 5.32 Å². The predicted molar refractivity (Wildman–Crippen MR) is 70.2 cm³/mol. The highest BCUT2D eigenvalue weighted by molar-refractivity contribution is 6.30. The molecule has 0 bridgehead atoms. The summed E-state index contributed by atoms with van der Waals surface area (Å²) in [6.07, 6.45) is 2.82. The van der Waals surface area contributed by atoms with Gasteiger partial charge in [0.25, 0.3) is 0 Å². The molecule has 2 rings (SSSR count). The fourth-order valence-electron chi connectivity index (χ4n) is 1.89. The van der Waals surface area contributed by atoms with Crippen molar-refractivity contribution in [2.45, 2.75) is 12.5 Å². The molecule has 0 spiro atoms. The van der Waals surface area contributed by atoms with Gasteiger partial charge in [-0.2, -0.15) is 5.10 Å². The molecule has 1 aromatic carbocycles. The van der Waals surface area contributed by atoms with Gasteiger partial charge < -0.3 is 5.32 Å². The van der Waals surface area contributed by atoms with Gasteiger partial charge in [-0.15, -0.1) is 0 Å². The van der Waals surface area contributed by atoms with Crippen LogP contribution in [0.1, 0.15) is 17.3 Å². The molecule has 2 aromatic rings. The highest BCUT2D eigenvalue weighted by Crippen LogP contribution is 2.20. The van der Waals surface area contributed by atoms with Crippen LogP contribution in [0.5, 0.6) is 0 Å². The predicted octanol–water partition coefficient (Wildman–Crippen LogP) is 2.58. The van der Waals surface area contributed by atoms with E-state index in [4.69, 9.17) is 11.6 Å². The molecule has 1 aromatic heterocycles. The van der Waals surface area contributed by atoms with Crippen LogP contribution in [0.4, 0.5) is 0 Å². The van der Waals surface area contributed by atoms with Crippen molar-refractivity contribution < 1.29 is 0 Å². The highest BCUT2D eigenvalue weighted by Gasteiger charge is 2.11. The Morgan fingerprint density at radius 1 is 1.41 bits per heavy atom. The Balaban J connectivity index is 2.16.